The number of fused-ring (bicyclic) bond motifs is 1. The minimum atomic E-state index is -1.02. The number of likely N-dealkylation sites (tertiary alicyclic amines) is 1. The van der Waals surface area contributed by atoms with Crippen molar-refractivity contribution in [2.75, 3.05) is 20.7 Å². The van der Waals surface area contributed by atoms with E-state index in [0.717, 1.165) is 30.4 Å². The molecule has 0 spiro atoms. The Balaban J connectivity index is 1.55. The van der Waals surface area contributed by atoms with Gasteiger partial charge in [-0.2, -0.15) is 0 Å². The topological polar surface area (TPSA) is 144 Å². The number of carbonyl (C=O) groups excluding carboxylic acids is 5. The molecule has 12 heteroatoms. The van der Waals surface area contributed by atoms with Crippen molar-refractivity contribution >= 4 is 29.8 Å². The van der Waals surface area contributed by atoms with Gasteiger partial charge in [-0.3, -0.25) is 19.3 Å². The largest absolute Gasteiger partial charge is 0.465 e. The molecule has 0 saturated carbocycles. The molecule has 1 heterocycles. The first-order chi connectivity index (χ1) is 23.9. The Kier molecular flexibility index (Phi) is 12.5. The minimum absolute atomic E-state index is 0.133. The van der Waals surface area contributed by atoms with Crippen LogP contribution in [0, 0.1) is 5.41 Å². The molecule has 12 nitrogen and oxygen atoms in total. The SMILES string of the molecule is COC(=O)c1ccc(COC2C[C@@H](C(=O)NC3CCCc4ccccc43)N(C(=O)[C@@H](NC(=O)[C@H](C)N(C)C(=O)OC(C)(C)C)C(C)(C)C)C2)cc1. The quantitative estimate of drug-likeness (QED) is 0.331. The summed E-state index contributed by atoms with van der Waals surface area (Å²) < 4.78 is 16.5. The van der Waals surface area contributed by atoms with E-state index in [9.17, 15) is 24.0 Å². The van der Waals surface area contributed by atoms with Gasteiger partial charge in [-0.05, 0) is 81.2 Å². The van der Waals surface area contributed by atoms with Crippen LogP contribution in [0.5, 0.6) is 0 Å². The van der Waals surface area contributed by atoms with Gasteiger partial charge in [-0.1, -0.05) is 57.2 Å². The molecule has 1 aliphatic carbocycles. The lowest BCUT2D eigenvalue weighted by Gasteiger charge is -2.37. The van der Waals surface area contributed by atoms with Crippen LogP contribution in [-0.2, 0) is 41.6 Å². The van der Waals surface area contributed by atoms with Gasteiger partial charge < -0.3 is 29.7 Å². The fraction of sp³-hybridized carbons (Fsp3) is 0.564. The third-order valence-electron chi connectivity index (χ3n) is 9.44. The minimum Gasteiger partial charge on any atom is -0.465 e. The van der Waals surface area contributed by atoms with Crippen LogP contribution in [0.15, 0.2) is 48.5 Å². The van der Waals surface area contributed by atoms with Gasteiger partial charge in [-0.15, -0.1) is 0 Å². The summed E-state index contributed by atoms with van der Waals surface area (Å²) in [6.07, 6.45) is 1.79. The number of benzene rings is 2. The standard InChI is InChI=1S/C39H54N4O8/c1-24(42(8)37(48)51-39(5,6)7)33(44)41-32(38(2,3)4)35(46)43-22-28(50-23-25-17-19-27(20-18-25)36(47)49-9)21-31(43)34(45)40-30-16-12-14-26-13-10-11-15-29(26)30/h10-11,13,15,17-20,24,28,30-32H,12,14,16,21-23H2,1-9H3,(H,40,45)(H,41,44)/t24-,28?,30?,31-,32+/m0/s1. The average molecular weight is 707 g/mol. The molecule has 2 aromatic carbocycles. The Hall–Kier alpha value is -4.45. The van der Waals surface area contributed by atoms with Gasteiger partial charge in [-0.25, -0.2) is 9.59 Å². The Bertz CT molecular complexity index is 1580. The van der Waals surface area contributed by atoms with Crippen LogP contribution >= 0.6 is 0 Å². The Labute approximate surface area is 301 Å². The number of nitrogens with zero attached hydrogens (tertiary/aromatic N) is 2. The number of methoxy groups -OCH3 is 1. The summed E-state index contributed by atoms with van der Waals surface area (Å²) in [6, 6.07) is 12.0. The molecule has 2 aromatic rings. The van der Waals surface area contributed by atoms with E-state index in [1.54, 1.807) is 52.0 Å². The molecular formula is C39H54N4O8. The fourth-order valence-electron chi connectivity index (χ4n) is 6.40. The fourth-order valence-corrected chi connectivity index (χ4v) is 6.40. The number of ether oxygens (including phenoxy) is 3. The summed E-state index contributed by atoms with van der Waals surface area (Å²) in [5, 5.41) is 6.11. The number of hydrogen-bond donors (Lipinski definition) is 2. The van der Waals surface area contributed by atoms with E-state index in [0.29, 0.717) is 5.56 Å². The highest BCUT2D eigenvalue weighted by Gasteiger charge is 2.46. The van der Waals surface area contributed by atoms with Crippen molar-refractivity contribution in [2.24, 2.45) is 5.41 Å². The van der Waals surface area contributed by atoms with Crippen LogP contribution in [0.25, 0.3) is 0 Å². The highest BCUT2D eigenvalue weighted by Crippen LogP contribution is 2.32. The van der Waals surface area contributed by atoms with Gasteiger partial charge in [0.25, 0.3) is 0 Å². The van der Waals surface area contributed by atoms with Crippen molar-refractivity contribution in [2.45, 2.75) is 117 Å². The molecule has 0 radical (unpaired) electrons. The summed E-state index contributed by atoms with van der Waals surface area (Å²) in [6.45, 7) is 12.7. The van der Waals surface area contributed by atoms with Gasteiger partial charge in [0, 0.05) is 20.0 Å². The lowest BCUT2D eigenvalue weighted by atomic mass is 9.85. The molecule has 1 fully saturated rings. The van der Waals surface area contributed by atoms with E-state index in [-0.39, 0.29) is 31.5 Å². The molecule has 278 valence electrons. The lowest BCUT2D eigenvalue weighted by Crippen LogP contribution is -2.60. The first kappa shape index (κ1) is 39.3. The molecule has 4 amide bonds. The molecule has 2 unspecified atom stereocenters. The van der Waals surface area contributed by atoms with Crippen LogP contribution in [0.2, 0.25) is 0 Å². The molecule has 0 bridgehead atoms. The van der Waals surface area contributed by atoms with Crippen LogP contribution in [0.1, 0.15) is 101 Å². The van der Waals surface area contributed by atoms with Gasteiger partial charge in [0.05, 0.1) is 31.4 Å². The Morgan fingerprint density at radius 3 is 2.27 bits per heavy atom. The second-order valence-electron chi connectivity index (χ2n) is 15.6. The zero-order valence-corrected chi connectivity index (χ0v) is 31.4. The van der Waals surface area contributed by atoms with Crippen molar-refractivity contribution < 1.29 is 38.2 Å². The number of rotatable bonds is 10. The molecule has 2 N–H and O–H groups in total. The number of aryl methyl sites for hydroxylation is 1. The maximum atomic E-state index is 14.5. The van der Waals surface area contributed by atoms with Gasteiger partial charge in [0.1, 0.15) is 23.7 Å². The average Bonchev–Trinajstić information content (AvgIpc) is 3.52. The van der Waals surface area contributed by atoms with E-state index in [1.807, 2.05) is 39.0 Å². The molecular weight excluding hydrogens is 652 g/mol. The van der Waals surface area contributed by atoms with Crippen molar-refractivity contribution in [1.29, 1.82) is 0 Å². The first-order valence-corrected chi connectivity index (χ1v) is 17.6. The molecule has 0 aromatic heterocycles. The maximum Gasteiger partial charge on any atom is 0.410 e. The van der Waals surface area contributed by atoms with Crippen molar-refractivity contribution in [1.82, 2.24) is 20.4 Å². The number of nitrogens with one attached hydrogen (secondary N) is 2. The monoisotopic (exact) mass is 706 g/mol. The smallest absolute Gasteiger partial charge is 0.410 e. The molecule has 5 atom stereocenters. The molecule has 1 saturated heterocycles. The number of carbonyl (C=O) groups is 5. The van der Waals surface area contributed by atoms with Crippen LogP contribution in [0.4, 0.5) is 4.79 Å². The van der Waals surface area contributed by atoms with E-state index in [1.165, 1.54) is 29.5 Å². The van der Waals surface area contributed by atoms with Crippen molar-refractivity contribution in [3.05, 3.63) is 70.8 Å². The second-order valence-corrected chi connectivity index (χ2v) is 15.6. The summed E-state index contributed by atoms with van der Waals surface area (Å²) >= 11 is 0. The third kappa shape index (κ3) is 10.1. The van der Waals surface area contributed by atoms with E-state index in [2.05, 4.69) is 16.7 Å². The number of amides is 4. The van der Waals surface area contributed by atoms with Crippen LogP contribution in [0.3, 0.4) is 0 Å². The Morgan fingerprint density at radius 1 is 0.980 bits per heavy atom. The number of esters is 1. The van der Waals surface area contributed by atoms with E-state index < -0.39 is 59.1 Å². The normalized spacial score (nSPS) is 20.0. The number of likely N-dealkylation sites (N-methyl/N-ethyl adjacent to an activating group) is 1. The van der Waals surface area contributed by atoms with Crippen molar-refractivity contribution in [3.63, 3.8) is 0 Å². The van der Waals surface area contributed by atoms with Crippen LogP contribution < -0.4 is 10.6 Å². The number of hydrogen-bond acceptors (Lipinski definition) is 8. The van der Waals surface area contributed by atoms with E-state index >= 15 is 0 Å². The summed E-state index contributed by atoms with van der Waals surface area (Å²) in [7, 11) is 2.80. The molecule has 2 aliphatic rings. The zero-order valence-electron chi connectivity index (χ0n) is 31.4. The molecule has 51 heavy (non-hydrogen) atoms. The van der Waals surface area contributed by atoms with Gasteiger partial charge in [0.15, 0.2) is 0 Å². The summed E-state index contributed by atoms with van der Waals surface area (Å²) in [4.78, 5) is 69.5. The molecule has 4 rings (SSSR count). The third-order valence-corrected chi connectivity index (χ3v) is 9.44. The highest BCUT2D eigenvalue weighted by molar-refractivity contribution is 5.95. The van der Waals surface area contributed by atoms with Crippen molar-refractivity contribution in [3.8, 4) is 0 Å². The maximum absolute atomic E-state index is 14.5. The lowest BCUT2D eigenvalue weighted by molar-refractivity contribution is -0.144. The first-order valence-electron chi connectivity index (χ1n) is 17.6. The van der Waals surface area contributed by atoms with E-state index in [4.69, 9.17) is 14.2 Å². The second kappa shape index (κ2) is 16.3. The summed E-state index contributed by atoms with van der Waals surface area (Å²) in [5.41, 5.74) is 2.02. The van der Waals surface area contributed by atoms with Crippen LogP contribution in [-0.4, -0.2) is 90.1 Å². The predicted molar refractivity (Wildman–Crippen MR) is 192 cm³/mol. The van der Waals surface area contributed by atoms with Gasteiger partial charge in [0.2, 0.25) is 17.7 Å². The zero-order chi connectivity index (χ0) is 37.7. The molecule has 1 aliphatic heterocycles. The predicted octanol–water partition coefficient (Wildman–Crippen LogP) is 4.94. The summed E-state index contributed by atoms with van der Waals surface area (Å²) in [5.74, 6) is -1.66. The Morgan fingerprint density at radius 2 is 1.65 bits per heavy atom. The van der Waals surface area contributed by atoms with Gasteiger partial charge >= 0.3 is 12.1 Å². The highest BCUT2D eigenvalue weighted by atomic mass is 16.6.